The lowest BCUT2D eigenvalue weighted by atomic mass is 9.82. The van der Waals surface area contributed by atoms with Gasteiger partial charge in [-0.05, 0) is 55.9 Å². The first-order chi connectivity index (χ1) is 10.1. The fourth-order valence-corrected chi connectivity index (χ4v) is 3.74. The zero-order valence-corrected chi connectivity index (χ0v) is 13.2. The van der Waals surface area contributed by atoms with Crippen LogP contribution in [0.2, 0.25) is 5.02 Å². The van der Waals surface area contributed by atoms with E-state index in [1.807, 2.05) is 11.8 Å². The van der Waals surface area contributed by atoms with Crippen LogP contribution in [-0.4, -0.2) is 30.0 Å². The molecule has 1 aromatic carbocycles. The highest BCUT2D eigenvalue weighted by atomic mass is 35.5. The molecule has 1 aromatic rings. The summed E-state index contributed by atoms with van der Waals surface area (Å²) >= 11 is 5.85. The summed E-state index contributed by atoms with van der Waals surface area (Å²) in [5.74, 6) is 2.23. The first kappa shape index (κ1) is 14.7. The predicted molar refractivity (Wildman–Crippen MR) is 83.6 cm³/mol. The van der Waals surface area contributed by atoms with Crippen molar-refractivity contribution < 1.29 is 9.53 Å². The van der Waals surface area contributed by atoms with Gasteiger partial charge in [-0.3, -0.25) is 4.79 Å². The highest BCUT2D eigenvalue weighted by Crippen LogP contribution is 2.36. The molecule has 1 amide bonds. The number of ether oxygens (including phenoxy) is 1. The lowest BCUT2D eigenvalue weighted by molar-refractivity contribution is -0.137. The van der Waals surface area contributed by atoms with Crippen LogP contribution in [-0.2, 0) is 4.79 Å². The third-order valence-corrected chi connectivity index (χ3v) is 5.01. The molecule has 3 nitrogen and oxygen atoms in total. The maximum Gasteiger partial charge on any atom is 0.263 e. The number of nitrogens with zero attached hydrogens (tertiary/aromatic N) is 1. The van der Waals surface area contributed by atoms with Crippen LogP contribution in [0.5, 0.6) is 5.75 Å². The minimum absolute atomic E-state index is 0.111. The van der Waals surface area contributed by atoms with Crippen molar-refractivity contribution in [3.63, 3.8) is 0 Å². The third-order valence-electron chi connectivity index (χ3n) is 4.76. The van der Waals surface area contributed by atoms with Crippen molar-refractivity contribution in [2.24, 2.45) is 11.8 Å². The number of amides is 1. The molecular formula is C17H22ClNO2. The molecule has 3 atom stereocenters. The molecule has 2 fully saturated rings. The summed E-state index contributed by atoms with van der Waals surface area (Å²) in [7, 11) is 0. The van der Waals surface area contributed by atoms with Crippen molar-refractivity contribution in [1.82, 2.24) is 4.90 Å². The zero-order chi connectivity index (χ0) is 14.8. The number of fused-ring (bicyclic) bond motifs is 1. The molecule has 3 unspecified atom stereocenters. The van der Waals surface area contributed by atoms with Gasteiger partial charge in [-0.2, -0.15) is 0 Å². The first-order valence-corrected chi connectivity index (χ1v) is 8.22. The maximum atomic E-state index is 12.5. The largest absolute Gasteiger partial charge is 0.481 e. The monoisotopic (exact) mass is 307 g/mol. The van der Waals surface area contributed by atoms with Crippen LogP contribution >= 0.6 is 11.6 Å². The van der Waals surface area contributed by atoms with Gasteiger partial charge in [-0.25, -0.2) is 0 Å². The number of halogens is 1. The van der Waals surface area contributed by atoms with Gasteiger partial charge in [-0.15, -0.1) is 0 Å². The predicted octanol–water partition coefficient (Wildman–Crippen LogP) is 3.76. The number of hydrogen-bond acceptors (Lipinski definition) is 2. The average Bonchev–Trinajstić information content (AvgIpc) is 2.92. The summed E-state index contributed by atoms with van der Waals surface area (Å²) in [5.41, 5.74) is 0. The maximum absolute atomic E-state index is 12.5. The fraction of sp³-hybridized carbons (Fsp3) is 0.588. The minimum atomic E-state index is -0.439. The second kappa shape index (κ2) is 6.27. The van der Waals surface area contributed by atoms with Gasteiger partial charge in [0.25, 0.3) is 5.91 Å². The molecule has 1 saturated heterocycles. The quantitative estimate of drug-likeness (QED) is 0.851. The summed E-state index contributed by atoms with van der Waals surface area (Å²) < 4.78 is 5.75. The first-order valence-electron chi connectivity index (χ1n) is 7.84. The molecule has 4 heteroatoms. The molecule has 0 bridgehead atoms. The second-order valence-corrected chi connectivity index (χ2v) is 6.70. The lowest BCUT2D eigenvalue weighted by Gasteiger charge is -2.22. The molecule has 0 N–H and O–H groups in total. The molecular weight excluding hydrogens is 286 g/mol. The number of benzene rings is 1. The van der Waals surface area contributed by atoms with E-state index < -0.39 is 6.10 Å². The Hall–Kier alpha value is -1.22. The van der Waals surface area contributed by atoms with Crippen LogP contribution in [0.25, 0.3) is 0 Å². The van der Waals surface area contributed by atoms with E-state index in [4.69, 9.17) is 16.3 Å². The Morgan fingerprint density at radius 1 is 1.19 bits per heavy atom. The van der Waals surface area contributed by atoms with E-state index in [1.165, 1.54) is 25.7 Å². The molecule has 0 aromatic heterocycles. The number of rotatable bonds is 3. The van der Waals surface area contributed by atoms with Crippen molar-refractivity contribution in [3.05, 3.63) is 29.3 Å². The van der Waals surface area contributed by atoms with Crippen LogP contribution in [0.15, 0.2) is 24.3 Å². The lowest BCUT2D eigenvalue weighted by Crippen LogP contribution is -2.39. The molecule has 21 heavy (non-hydrogen) atoms. The third kappa shape index (κ3) is 3.34. The SMILES string of the molecule is CC(Oc1ccc(Cl)cc1)C(=O)N1CC2CCCCC2C1. The number of carbonyl (C=O) groups is 1. The highest BCUT2D eigenvalue weighted by molar-refractivity contribution is 6.30. The molecule has 1 heterocycles. The number of hydrogen-bond donors (Lipinski definition) is 0. The van der Waals surface area contributed by atoms with Gasteiger partial charge in [-0.1, -0.05) is 24.4 Å². The van der Waals surface area contributed by atoms with Gasteiger partial charge in [0.15, 0.2) is 6.10 Å². The van der Waals surface area contributed by atoms with E-state index in [1.54, 1.807) is 24.3 Å². The average molecular weight is 308 g/mol. The number of likely N-dealkylation sites (tertiary alicyclic amines) is 1. The van der Waals surface area contributed by atoms with Gasteiger partial charge in [0, 0.05) is 18.1 Å². The molecule has 3 rings (SSSR count). The molecule has 1 saturated carbocycles. The summed E-state index contributed by atoms with van der Waals surface area (Å²) in [5, 5.41) is 0.671. The van der Waals surface area contributed by atoms with Gasteiger partial charge >= 0.3 is 0 Å². The number of carbonyl (C=O) groups excluding carboxylic acids is 1. The van der Waals surface area contributed by atoms with Crippen LogP contribution < -0.4 is 4.74 Å². The van der Waals surface area contributed by atoms with Gasteiger partial charge in [0.2, 0.25) is 0 Å². The van der Waals surface area contributed by atoms with E-state index in [9.17, 15) is 4.79 Å². The van der Waals surface area contributed by atoms with Gasteiger partial charge < -0.3 is 9.64 Å². The molecule has 0 radical (unpaired) electrons. The Morgan fingerprint density at radius 3 is 2.33 bits per heavy atom. The zero-order valence-electron chi connectivity index (χ0n) is 12.4. The van der Waals surface area contributed by atoms with E-state index in [0.29, 0.717) is 22.6 Å². The second-order valence-electron chi connectivity index (χ2n) is 6.26. The topological polar surface area (TPSA) is 29.5 Å². The normalized spacial score (nSPS) is 26.3. The summed E-state index contributed by atoms with van der Waals surface area (Å²) in [4.78, 5) is 14.5. The van der Waals surface area contributed by atoms with Crippen molar-refractivity contribution in [2.75, 3.05) is 13.1 Å². The van der Waals surface area contributed by atoms with Crippen LogP contribution in [0, 0.1) is 11.8 Å². The Kier molecular flexibility index (Phi) is 4.39. The van der Waals surface area contributed by atoms with Crippen LogP contribution in [0.3, 0.4) is 0 Å². The Morgan fingerprint density at radius 2 is 1.76 bits per heavy atom. The fourth-order valence-electron chi connectivity index (χ4n) is 3.61. The van der Waals surface area contributed by atoms with Crippen molar-refractivity contribution in [1.29, 1.82) is 0 Å². The van der Waals surface area contributed by atoms with Gasteiger partial charge in [0.1, 0.15) is 5.75 Å². The highest BCUT2D eigenvalue weighted by Gasteiger charge is 2.37. The van der Waals surface area contributed by atoms with E-state index in [-0.39, 0.29) is 5.91 Å². The Balaban J connectivity index is 1.58. The van der Waals surface area contributed by atoms with E-state index in [0.717, 1.165) is 13.1 Å². The van der Waals surface area contributed by atoms with E-state index in [2.05, 4.69) is 0 Å². The Labute approximate surface area is 131 Å². The standard InChI is InChI=1S/C17H22ClNO2/c1-12(21-16-8-6-15(18)7-9-16)17(20)19-10-13-4-2-3-5-14(13)11-19/h6-9,12-14H,2-5,10-11H2,1H3. The van der Waals surface area contributed by atoms with Gasteiger partial charge in [0.05, 0.1) is 0 Å². The molecule has 1 aliphatic carbocycles. The minimum Gasteiger partial charge on any atom is -0.481 e. The van der Waals surface area contributed by atoms with Crippen LogP contribution in [0.1, 0.15) is 32.6 Å². The van der Waals surface area contributed by atoms with E-state index >= 15 is 0 Å². The van der Waals surface area contributed by atoms with Crippen molar-refractivity contribution in [2.45, 2.75) is 38.7 Å². The van der Waals surface area contributed by atoms with Crippen LogP contribution in [0.4, 0.5) is 0 Å². The summed E-state index contributed by atoms with van der Waals surface area (Å²) in [6.07, 6.45) is 4.76. The van der Waals surface area contributed by atoms with Crippen molar-refractivity contribution >= 4 is 17.5 Å². The molecule has 114 valence electrons. The molecule has 2 aliphatic rings. The smallest absolute Gasteiger partial charge is 0.263 e. The Bertz CT molecular complexity index is 488. The molecule has 0 spiro atoms. The summed E-state index contributed by atoms with van der Waals surface area (Å²) in [6.45, 7) is 3.66. The molecule has 1 aliphatic heterocycles. The summed E-state index contributed by atoms with van der Waals surface area (Å²) in [6, 6.07) is 7.16. The van der Waals surface area contributed by atoms with Crippen molar-refractivity contribution in [3.8, 4) is 5.75 Å².